The molecule has 1 atom stereocenters. The van der Waals surface area contributed by atoms with E-state index < -0.39 is 42.9 Å². The van der Waals surface area contributed by atoms with Crippen molar-refractivity contribution >= 4 is 0 Å². The zero-order chi connectivity index (χ0) is 20.4. The lowest BCUT2D eigenvalue weighted by Gasteiger charge is -2.28. The number of rotatable bonds is 7. The number of alkyl halides is 5. The van der Waals surface area contributed by atoms with Gasteiger partial charge in [-0.2, -0.15) is 18.2 Å². The summed E-state index contributed by atoms with van der Waals surface area (Å²) < 4.78 is 88.8. The Kier molecular flexibility index (Phi) is 5.94. The van der Waals surface area contributed by atoms with Gasteiger partial charge < -0.3 is 9.26 Å². The summed E-state index contributed by atoms with van der Waals surface area (Å²) in [6.45, 7) is -1.21. The van der Waals surface area contributed by atoms with Crippen molar-refractivity contribution in [2.75, 3.05) is 32.8 Å². The van der Waals surface area contributed by atoms with E-state index in [1.54, 1.807) is 0 Å². The van der Waals surface area contributed by atoms with Gasteiger partial charge in [0.1, 0.15) is 12.4 Å². The van der Waals surface area contributed by atoms with Gasteiger partial charge in [-0.3, -0.25) is 4.90 Å². The van der Waals surface area contributed by atoms with Gasteiger partial charge in [-0.1, -0.05) is 17.3 Å². The molecule has 1 aliphatic rings. The molecule has 11 heteroatoms. The highest BCUT2D eigenvalue weighted by atomic mass is 19.4. The first-order valence-electron chi connectivity index (χ1n) is 8.46. The highest BCUT2D eigenvalue weighted by Gasteiger charge is 2.62. The summed E-state index contributed by atoms with van der Waals surface area (Å²) in [6, 6.07) is 5.12. The third-order valence-electron chi connectivity index (χ3n) is 4.60. The van der Waals surface area contributed by atoms with Gasteiger partial charge in [-0.15, -0.1) is 0 Å². The predicted octanol–water partition coefficient (Wildman–Crippen LogP) is 3.66. The minimum absolute atomic E-state index is 0.0647. The summed E-state index contributed by atoms with van der Waals surface area (Å²) in [5.74, 6) is -1.32. The number of nitrogens with zero attached hydrogens (tertiary/aromatic N) is 3. The Hall–Kier alpha value is -2.14. The van der Waals surface area contributed by atoms with Crippen LogP contribution in [-0.2, 0) is 10.2 Å². The first-order chi connectivity index (χ1) is 13.2. The highest BCUT2D eigenvalue weighted by Crippen LogP contribution is 2.47. The molecule has 1 aromatic heterocycles. The number of hydrogen-bond acceptors (Lipinski definition) is 5. The molecule has 0 amide bonds. The van der Waals surface area contributed by atoms with E-state index in [2.05, 4.69) is 10.1 Å². The fourth-order valence-corrected chi connectivity index (χ4v) is 3.14. The number of halogens is 6. The molecule has 3 rings (SSSR count). The van der Waals surface area contributed by atoms with Crippen LogP contribution in [0.3, 0.4) is 0 Å². The molecule has 154 valence electrons. The van der Waals surface area contributed by atoms with Crippen molar-refractivity contribution in [1.82, 2.24) is 15.0 Å². The average molecular weight is 409 g/mol. The number of ether oxygens (including phenoxy) is 1. The van der Waals surface area contributed by atoms with Gasteiger partial charge in [-0.05, 0) is 25.1 Å². The molecular weight excluding hydrogens is 392 g/mol. The predicted molar refractivity (Wildman–Crippen MR) is 85.3 cm³/mol. The van der Waals surface area contributed by atoms with Gasteiger partial charge in [0.2, 0.25) is 11.7 Å². The fourth-order valence-electron chi connectivity index (χ4n) is 3.14. The Morgan fingerprint density at radius 3 is 2.75 bits per heavy atom. The van der Waals surface area contributed by atoms with Gasteiger partial charge in [0.25, 0.3) is 6.43 Å². The van der Waals surface area contributed by atoms with Crippen LogP contribution in [0, 0.1) is 5.82 Å². The zero-order valence-corrected chi connectivity index (χ0v) is 14.6. The Balaban J connectivity index is 1.77. The Labute approximate surface area is 156 Å². The molecule has 1 fully saturated rings. The molecule has 1 aromatic carbocycles. The second-order valence-corrected chi connectivity index (χ2v) is 6.51. The first kappa shape index (κ1) is 20.6. The number of hydrogen-bond donors (Lipinski definition) is 0. The van der Waals surface area contributed by atoms with Crippen LogP contribution >= 0.6 is 0 Å². The Morgan fingerprint density at radius 1 is 1.29 bits per heavy atom. The zero-order valence-electron chi connectivity index (χ0n) is 14.6. The molecule has 0 spiro atoms. The maximum absolute atomic E-state index is 13.9. The van der Waals surface area contributed by atoms with Crippen molar-refractivity contribution < 1.29 is 35.6 Å². The van der Waals surface area contributed by atoms with Crippen molar-refractivity contribution in [2.45, 2.75) is 24.4 Å². The largest absolute Gasteiger partial charge is 0.404 e. The molecular formula is C17H17F6N3O2. The first-order valence-corrected chi connectivity index (χ1v) is 8.46. The topological polar surface area (TPSA) is 51.4 Å². The summed E-state index contributed by atoms with van der Waals surface area (Å²) in [7, 11) is 0. The summed E-state index contributed by atoms with van der Waals surface area (Å²) in [4.78, 5) is 5.32. The molecule has 0 radical (unpaired) electrons. The third-order valence-corrected chi connectivity index (χ3v) is 4.60. The van der Waals surface area contributed by atoms with Gasteiger partial charge in [-0.25, -0.2) is 13.2 Å². The van der Waals surface area contributed by atoms with E-state index in [0.29, 0.717) is 0 Å². The van der Waals surface area contributed by atoms with Crippen LogP contribution in [0.15, 0.2) is 28.8 Å². The quantitative estimate of drug-likeness (QED) is 0.516. The van der Waals surface area contributed by atoms with Gasteiger partial charge >= 0.3 is 6.18 Å². The molecule has 0 bridgehead atoms. The normalized spacial score (nSPS) is 21.0. The Bertz CT molecular complexity index is 797. The average Bonchev–Trinajstić information content (AvgIpc) is 3.26. The lowest BCUT2D eigenvalue weighted by atomic mass is 9.86. The highest BCUT2D eigenvalue weighted by molar-refractivity contribution is 5.54. The maximum Gasteiger partial charge on any atom is 0.404 e. The third kappa shape index (κ3) is 4.30. The van der Waals surface area contributed by atoms with Crippen LogP contribution < -0.4 is 0 Å². The summed E-state index contributed by atoms with van der Waals surface area (Å²) >= 11 is 0. The molecule has 2 heterocycles. The molecule has 2 aromatic rings. The number of benzene rings is 1. The van der Waals surface area contributed by atoms with Crippen LogP contribution in [0.5, 0.6) is 0 Å². The van der Waals surface area contributed by atoms with E-state index in [1.165, 1.54) is 23.1 Å². The molecule has 28 heavy (non-hydrogen) atoms. The van der Waals surface area contributed by atoms with E-state index in [4.69, 9.17) is 9.26 Å². The van der Waals surface area contributed by atoms with E-state index in [0.717, 1.165) is 6.07 Å². The number of likely N-dealkylation sites (tertiary alicyclic amines) is 1. The van der Waals surface area contributed by atoms with Crippen molar-refractivity contribution in [2.24, 2.45) is 0 Å². The summed E-state index contributed by atoms with van der Waals surface area (Å²) in [6.07, 6.45) is -7.62. The minimum Gasteiger partial charge on any atom is -0.374 e. The molecule has 0 saturated carbocycles. The monoisotopic (exact) mass is 409 g/mol. The van der Waals surface area contributed by atoms with E-state index in [1.807, 2.05) is 0 Å². The van der Waals surface area contributed by atoms with Crippen molar-refractivity contribution in [3.63, 3.8) is 0 Å². The van der Waals surface area contributed by atoms with Crippen LogP contribution in [0.25, 0.3) is 11.4 Å². The molecule has 0 aliphatic carbocycles. The molecule has 5 nitrogen and oxygen atoms in total. The van der Waals surface area contributed by atoms with Crippen molar-refractivity contribution in [3.8, 4) is 11.4 Å². The van der Waals surface area contributed by atoms with Gasteiger partial charge in [0.15, 0.2) is 5.41 Å². The van der Waals surface area contributed by atoms with Crippen molar-refractivity contribution in [1.29, 1.82) is 0 Å². The summed E-state index contributed by atoms with van der Waals surface area (Å²) in [5, 5.41) is 3.57. The lowest BCUT2D eigenvalue weighted by molar-refractivity contribution is -0.193. The molecule has 0 N–H and O–H groups in total. The van der Waals surface area contributed by atoms with E-state index in [9.17, 15) is 26.3 Å². The maximum atomic E-state index is 13.9. The van der Waals surface area contributed by atoms with Crippen LogP contribution in [0.1, 0.15) is 12.3 Å². The van der Waals surface area contributed by atoms with Crippen LogP contribution in [0.4, 0.5) is 26.3 Å². The lowest BCUT2D eigenvalue weighted by Crippen LogP contribution is -2.45. The van der Waals surface area contributed by atoms with Gasteiger partial charge in [0, 0.05) is 18.7 Å². The number of aromatic nitrogens is 2. The molecule has 1 unspecified atom stereocenters. The standard InChI is InChI=1S/C17H17F6N3O2/c18-12-3-1-2-11(8-12)14-24-15(28-25-14)16(17(21,22)23)4-5-26(10-16)6-7-27-9-13(19)20/h1-3,8,13H,4-7,9-10H2. The van der Waals surface area contributed by atoms with E-state index in [-0.39, 0.29) is 37.5 Å². The second kappa shape index (κ2) is 8.08. The van der Waals surface area contributed by atoms with Crippen LogP contribution in [-0.4, -0.2) is 60.5 Å². The van der Waals surface area contributed by atoms with E-state index >= 15 is 0 Å². The molecule has 1 saturated heterocycles. The minimum atomic E-state index is -4.67. The van der Waals surface area contributed by atoms with Crippen LogP contribution in [0.2, 0.25) is 0 Å². The Morgan fingerprint density at radius 2 is 2.07 bits per heavy atom. The van der Waals surface area contributed by atoms with Crippen molar-refractivity contribution in [3.05, 3.63) is 36.0 Å². The molecule has 1 aliphatic heterocycles. The SMILES string of the molecule is Fc1cccc(-c2noc(C3(C(F)(F)F)CCN(CCOCC(F)F)C3)n2)c1. The summed E-state index contributed by atoms with van der Waals surface area (Å²) in [5.41, 5.74) is -2.18. The second-order valence-electron chi connectivity index (χ2n) is 6.51. The fraction of sp³-hybridized carbons (Fsp3) is 0.529. The van der Waals surface area contributed by atoms with Gasteiger partial charge in [0.05, 0.1) is 6.61 Å². The smallest absolute Gasteiger partial charge is 0.374 e.